The van der Waals surface area contributed by atoms with Gasteiger partial charge in [-0.3, -0.25) is 4.79 Å². The average molecular weight is 436 g/mol. The summed E-state index contributed by atoms with van der Waals surface area (Å²) in [5, 5.41) is 6.73. The van der Waals surface area contributed by atoms with Crippen molar-refractivity contribution in [1.29, 1.82) is 0 Å². The molecule has 0 saturated carbocycles. The SMILES string of the molecule is COc1ccc2nc(SCC(=O)N3N=C(c4ccc(C)o4)C[C@@H]3c3ccco3)[nH]c2c1. The van der Waals surface area contributed by atoms with Crippen molar-refractivity contribution in [2.24, 2.45) is 5.10 Å². The number of furan rings is 2. The lowest BCUT2D eigenvalue weighted by atomic mass is 10.1. The highest BCUT2D eigenvalue weighted by atomic mass is 32.2. The van der Waals surface area contributed by atoms with Crippen molar-refractivity contribution in [2.75, 3.05) is 12.9 Å². The largest absolute Gasteiger partial charge is 0.497 e. The molecule has 4 aromatic rings. The van der Waals surface area contributed by atoms with Crippen LogP contribution in [0.1, 0.15) is 29.7 Å². The molecule has 1 aliphatic rings. The fraction of sp³-hybridized carbons (Fsp3) is 0.227. The Bertz CT molecular complexity index is 1260. The number of imidazole rings is 1. The van der Waals surface area contributed by atoms with E-state index in [-0.39, 0.29) is 17.7 Å². The number of hydrogen-bond acceptors (Lipinski definition) is 7. The first-order valence-corrected chi connectivity index (χ1v) is 10.8. The monoisotopic (exact) mass is 436 g/mol. The van der Waals surface area contributed by atoms with Gasteiger partial charge in [-0.1, -0.05) is 11.8 Å². The van der Waals surface area contributed by atoms with Crippen molar-refractivity contribution in [3.63, 3.8) is 0 Å². The normalized spacial score (nSPS) is 16.1. The summed E-state index contributed by atoms with van der Waals surface area (Å²) in [4.78, 5) is 20.8. The summed E-state index contributed by atoms with van der Waals surface area (Å²) in [6.45, 7) is 1.88. The molecule has 0 aliphatic carbocycles. The number of carbonyl (C=O) groups excluding carboxylic acids is 1. The quantitative estimate of drug-likeness (QED) is 0.446. The first kappa shape index (κ1) is 19.5. The maximum atomic E-state index is 13.1. The van der Waals surface area contributed by atoms with Crippen LogP contribution in [0.4, 0.5) is 0 Å². The molecular weight excluding hydrogens is 416 g/mol. The molecule has 8 nitrogen and oxygen atoms in total. The topological polar surface area (TPSA) is 96.9 Å². The molecular formula is C22H20N4O4S. The number of fused-ring (bicyclic) bond motifs is 1. The van der Waals surface area contributed by atoms with E-state index < -0.39 is 0 Å². The number of aryl methyl sites for hydroxylation is 1. The summed E-state index contributed by atoms with van der Waals surface area (Å²) in [6.07, 6.45) is 2.13. The maximum absolute atomic E-state index is 13.1. The zero-order valence-corrected chi connectivity index (χ0v) is 17.8. The molecule has 5 rings (SSSR count). The second kappa shape index (κ2) is 7.99. The number of thioether (sulfide) groups is 1. The van der Waals surface area contributed by atoms with Crippen LogP contribution in [0, 0.1) is 6.92 Å². The molecule has 0 fully saturated rings. The number of aromatic amines is 1. The number of nitrogens with one attached hydrogen (secondary N) is 1. The Morgan fingerprint density at radius 3 is 2.97 bits per heavy atom. The summed E-state index contributed by atoms with van der Waals surface area (Å²) in [5.74, 6) is 2.95. The number of carbonyl (C=O) groups is 1. The van der Waals surface area contributed by atoms with E-state index in [2.05, 4.69) is 15.1 Å². The van der Waals surface area contributed by atoms with Gasteiger partial charge in [-0.05, 0) is 43.3 Å². The first-order valence-electron chi connectivity index (χ1n) is 9.77. The summed E-state index contributed by atoms with van der Waals surface area (Å²) in [6, 6.07) is 12.7. The maximum Gasteiger partial charge on any atom is 0.253 e. The van der Waals surface area contributed by atoms with Crippen LogP contribution in [0.25, 0.3) is 11.0 Å². The molecule has 0 unspecified atom stereocenters. The van der Waals surface area contributed by atoms with E-state index in [1.807, 2.05) is 49.4 Å². The fourth-order valence-electron chi connectivity index (χ4n) is 3.54. The van der Waals surface area contributed by atoms with Gasteiger partial charge in [0.05, 0.1) is 30.2 Å². The van der Waals surface area contributed by atoms with Gasteiger partial charge in [0.2, 0.25) is 0 Å². The van der Waals surface area contributed by atoms with E-state index in [1.54, 1.807) is 13.4 Å². The Labute approximate surface area is 182 Å². The van der Waals surface area contributed by atoms with Gasteiger partial charge in [0.15, 0.2) is 5.16 Å². The van der Waals surface area contributed by atoms with E-state index in [1.165, 1.54) is 16.8 Å². The van der Waals surface area contributed by atoms with Crippen LogP contribution in [-0.2, 0) is 4.79 Å². The minimum Gasteiger partial charge on any atom is -0.497 e. The van der Waals surface area contributed by atoms with Crippen molar-refractivity contribution < 1.29 is 18.4 Å². The highest BCUT2D eigenvalue weighted by Gasteiger charge is 2.35. The summed E-state index contributed by atoms with van der Waals surface area (Å²) >= 11 is 1.33. The predicted octanol–water partition coefficient (Wildman–Crippen LogP) is 4.54. The highest BCUT2D eigenvalue weighted by Crippen LogP contribution is 2.34. The Balaban J connectivity index is 1.35. The number of aromatic nitrogens is 2. The molecule has 158 valence electrons. The van der Waals surface area contributed by atoms with Crippen LogP contribution in [0.5, 0.6) is 5.75 Å². The first-order chi connectivity index (χ1) is 15.1. The van der Waals surface area contributed by atoms with Crippen molar-refractivity contribution >= 4 is 34.4 Å². The Morgan fingerprint density at radius 1 is 1.32 bits per heavy atom. The molecule has 0 saturated heterocycles. The van der Waals surface area contributed by atoms with Gasteiger partial charge >= 0.3 is 0 Å². The van der Waals surface area contributed by atoms with Crippen molar-refractivity contribution in [3.05, 3.63) is 66.0 Å². The van der Waals surface area contributed by atoms with E-state index in [0.717, 1.165) is 28.3 Å². The van der Waals surface area contributed by atoms with Crippen LogP contribution < -0.4 is 4.74 Å². The van der Waals surface area contributed by atoms with E-state index in [9.17, 15) is 4.79 Å². The van der Waals surface area contributed by atoms with Crippen molar-refractivity contribution in [1.82, 2.24) is 15.0 Å². The Morgan fingerprint density at radius 2 is 2.23 bits per heavy atom. The Kier molecular flexibility index (Phi) is 5.03. The van der Waals surface area contributed by atoms with Crippen molar-refractivity contribution in [3.8, 4) is 5.75 Å². The predicted molar refractivity (Wildman–Crippen MR) is 116 cm³/mol. The summed E-state index contributed by atoms with van der Waals surface area (Å²) < 4.78 is 16.5. The fourth-order valence-corrected chi connectivity index (χ4v) is 4.28. The van der Waals surface area contributed by atoms with Crippen LogP contribution in [0.15, 0.2) is 67.8 Å². The molecule has 1 aliphatic heterocycles. The Hall–Kier alpha value is -3.46. The number of ether oxygens (including phenoxy) is 1. The molecule has 0 radical (unpaired) electrons. The third-order valence-electron chi connectivity index (χ3n) is 5.06. The molecule has 4 heterocycles. The second-order valence-electron chi connectivity index (χ2n) is 7.14. The van der Waals surface area contributed by atoms with Gasteiger partial charge in [0, 0.05) is 12.5 Å². The molecule has 31 heavy (non-hydrogen) atoms. The number of hydrazone groups is 1. The number of H-pyrrole nitrogens is 1. The van der Waals surface area contributed by atoms with Gasteiger partial charge in [-0.15, -0.1) is 0 Å². The number of methoxy groups -OCH3 is 1. The number of nitrogens with zero attached hydrogens (tertiary/aromatic N) is 3. The second-order valence-corrected chi connectivity index (χ2v) is 8.11. The van der Waals surface area contributed by atoms with Gasteiger partial charge in [0.25, 0.3) is 5.91 Å². The van der Waals surface area contributed by atoms with Gasteiger partial charge < -0.3 is 18.6 Å². The number of rotatable bonds is 6. The van der Waals surface area contributed by atoms with Crippen molar-refractivity contribution in [2.45, 2.75) is 24.5 Å². The molecule has 0 bridgehead atoms. The molecule has 1 N–H and O–H groups in total. The third-order valence-corrected chi connectivity index (χ3v) is 5.92. The smallest absolute Gasteiger partial charge is 0.253 e. The molecule has 1 aromatic carbocycles. The molecule has 1 atom stereocenters. The summed E-state index contributed by atoms with van der Waals surface area (Å²) in [7, 11) is 1.62. The average Bonchev–Trinajstić information content (AvgIpc) is 3.56. The van der Waals surface area contributed by atoms with Gasteiger partial charge in [0.1, 0.15) is 34.8 Å². The number of hydrogen-bond donors (Lipinski definition) is 1. The lowest BCUT2D eigenvalue weighted by molar-refractivity contribution is -0.130. The highest BCUT2D eigenvalue weighted by molar-refractivity contribution is 7.99. The minimum atomic E-state index is -0.302. The van der Waals surface area contributed by atoms with Crippen LogP contribution in [-0.4, -0.2) is 39.5 Å². The zero-order chi connectivity index (χ0) is 21.4. The molecule has 1 amide bonds. The van der Waals surface area contributed by atoms with Crippen LogP contribution >= 0.6 is 11.8 Å². The van der Waals surface area contributed by atoms with Crippen LogP contribution in [0.2, 0.25) is 0 Å². The third kappa shape index (κ3) is 3.84. The van der Waals surface area contributed by atoms with Gasteiger partial charge in [-0.25, -0.2) is 9.99 Å². The molecule has 0 spiro atoms. The number of benzene rings is 1. The van der Waals surface area contributed by atoms with Gasteiger partial charge in [-0.2, -0.15) is 5.10 Å². The molecule has 3 aromatic heterocycles. The van der Waals surface area contributed by atoms with E-state index in [4.69, 9.17) is 13.6 Å². The zero-order valence-electron chi connectivity index (χ0n) is 17.0. The lowest BCUT2D eigenvalue weighted by Crippen LogP contribution is -2.28. The molecule has 9 heteroatoms. The summed E-state index contributed by atoms with van der Waals surface area (Å²) in [5.41, 5.74) is 2.40. The number of amides is 1. The standard InChI is InChI=1S/C22H20N4O4S/c1-13-5-8-19(30-13)17-11-18(20-4-3-9-29-20)26(25-17)21(27)12-31-22-23-15-7-6-14(28-2)10-16(15)24-22/h3-10,18H,11-12H2,1-2H3,(H,23,24)/t18-/m1/s1. The lowest BCUT2D eigenvalue weighted by Gasteiger charge is -2.19. The van der Waals surface area contributed by atoms with Crippen LogP contribution in [0.3, 0.4) is 0 Å². The van der Waals surface area contributed by atoms with E-state index in [0.29, 0.717) is 23.1 Å². The van der Waals surface area contributed by atoms with E-state index >= 15 is 0 Å². The minimum absolute atomic E-state index is 0.136.